The van der Waals surface area contributed by atoms with E-state index in [1.807, 2.05) is 0 Å². The first-order chi connectivity index (χ1) is 7.34. The third kappa shape index (κ3) is 2.90. The molecule has 0 fully saturated rings. The molecule has 15 heavy (non-hydrogen) atoms. The lowest BCUT2D eigenvalue weighted by atomic mass is 10.1. The lowest BCUT2D eigenvalue weighted by molar-refractivity contribution is -0.121. The van der Waals surface area contributed by atoms with Crippen LogP contribution in [0.4, 0.5) is 0 Å². The van der Waals surface area contributed by atoms with Crippen LogP contribution < -0.4 is 5.32 Å². The fraction of sp³-hybridized carbons (Fsp3) is 0.500. The maximum Gasteiger partial charge on any atom is 0.220 e. The molecule has 0 aliphatic heterocycles. The van der Waals surface area contributed by atoms with Crippen LogP contribution in [0.5, 0.6) is 0 Å². The van der Waals surface area contributed by atoms with E-state index in [-0.39, 0.29) is 5.91 Å². The van der Waals surface area contributed by atoms with Gasteiger partial charge in [-0.05, 0) is 18.8 Å². The van der Waals surface area contributed by atoms with E-state index in [1.165, 1.54) is 6.33 Å². The third-order valence-corrected chi connectivity index (χ3v) is 2.48. The molecule has 2 N–H and O–H groups in total. The number of hydrogen-bond donors (Lipinski definition) is 2. The molecule has 1 amide bonds. The topological polar surface area (TPSA) is 70.7 Å². The minimum atomic E-state index is 0.0722. The molecule has 0 bridgehead atoms. The molecule has 5 heteroatoms. The van der Waals surface area contributed by atoms with E-state index < -0.39 is 0 Å². The Labute approximate surface area is 88.0 Å². The monoisotopic (exact) mass is 206 g/mol. The normalized spacial score (nSPS) is 19.3. The van der Waals surface area contributed by atoms with Gasteiger partial charge in [0.1, 0.15) is 12.2 Å². The summed E-state index contributed by atoms with van der Waals surface area (Å²) in [5.74, 6) is 1.17. The Kier molecular flexibility index (Phi) is 3.11. The minimum absolute atomic E-state index is 0.0722. The van der Waals surface area contributed by atoms with E-state index >= 15 is 0 Å². The molecule has 0 spiro atoms. The molecule has 1 aliphatic rings. The summed E-state index contributed by atoms with van der Waals surface area (Å²) in [7, 11) is 0. The van der Waals surface area contributed by atoms with Crippen LogP contribution in [0.2, 0.25) is 0 Å². The number of nitrogens with one attached hydrogen (secondary N) is 2. The largest absolute Gasteiger partial charge is 0.349 e. The second kappa shape index (κ2) is 4.72. The van der Waals surface area contributed by atoms with Gasteiger partial charge in [-0.25, -0.2) is 4.98 Å². The number of aromatic amines is 1. The second-order valence-electron chi connectivity index (χ2n) is 3.68. The number of rotatable bonds is 4. The van der Waals surface area contributed by atoms with E-state index in [1.54, 1.807) is 0 Å². The van der Waals surface area contributed by atoms with Crippen LogP contribution in [0, 0.1) is 5.92 Å². The first-order valence-electron chi connectivity index (χ1n) is 5.12. The number of H-pyrrole nitrogens is 1. The molecular weight excluding hydrogens is 192 g/mol. The Morgan fingerprint density at radius 3 is 3.27 bits per heavy atom. The van der Waals surface area contributed by atoms with Gasteiger partial charge in [0, 0.05) is 6.42 Å². The predicted molar refractivity (Wildman–Crippen MR) is 54.7 cm³/mol. The van der Waals surface area contributed by atoms with Crippen LogP contribution in [0.3, 0.4) is 0 Å². The van der Waals surface area contributed by atoms with E-state index in [2.05, 4.69) is 32.7 Å². The van der Waals surface area contributed by atoms with Gasteiger partial charge in [0.15, 0.2) is 0 Å². The number of carbonyl (C=O) groups excluding carboxylic acids is 1. The van der Waals surface area contributed by atoms with Gasteiger partial charge in [0.25, 0.3) is 0 Å². The zero-order valence-electron chi connectivity index (χ0n) is 8.44. The molecule has 2 rings (SSSR count). The molecule has 5 nitrogen and oxygen atoms in total. The maximum atomic E-state index is 11.5. The molecule has 0 saturated heterocycles. The number of nitrogens with zero attached hydrogens (tertiary/aromatic N) is 2. The van der Waals surface area contributed by atoms with Crippen molar-refractivity contribution in [2.24, 2.45) is 5.92 Å². The molecule has 80 valence electrons. The SMILES string of the molecule is O=C(CC1C=CCC1)NCc1ncn[nH]1. The van der Waals surface area contributed by atoms with E-state index in [9.17, 15) is 4.79 Å². The first-order valence-corrected chi connectivity index (χ1v) is 5.12. The fourth-order valence-electron chi connectivity index (χ4n) is 1.67. The third-order valence-electron chi connectivity index (χ3n) is 2.48. The Morgan fingerprint density at radius 1 is 1.67 bits per heavy atom. The zero-order valence-corrected chi connectivity index (χ0v) is 8.44. The lowest BCUT2D eigenvalue weighted by Gasteiger charge is -2.07. The van der Waals surface area contributed by atoms with E-state index in [0.29, 0.717) is 24.7 Å². The quantitative estimate of drug-likeness (QED) is 0.715. The summed E-state index contributed by atoms with van der Waals surface area (Å²) in [6, 6.07) is 0. The van der Waals surface area contributed by atoms with Crippen LogP contribution in [0.1, 0.15) is 25.1 Å². The first kappa shape index (κ1) is 9.89. The van der Waals surface area contributed by atoms with Crippen molar-refractivity contribution in [3.05, 3.63) is 24.3 Å². The zero-order chi connectivity index (χ0) is 10.5. The van der Waals surface area contributed by atoms with E-state index in [4.69, 9.17) is 0 Å². The smallest absolute Gasteiger partial charge is 0.220 e. The van der Waals surface area contributed by atoms with Crippen LogP contribution in [-0.4, -0.2) is 21.1 Å². The average Bonchev–Trinajstić information content (AvgIpc) is 2.86. The lowest BCUT2D eigenvalue weighted by Crippen LogP contribution is -2.24. The number of hydrogen-bond acceptors (Lipinski definition) is 3. The van der Waals surface area contributed by atoms with E-state index in [0.717, 1.165) is 12.8 Å². The van der Waals surface area contributed by atoms with Gasteiger partial charge in [-0.1, -0.05) is 12.2 Å². The van der Waals surface area contributed by atoms with Crippen molar-refractivity contribution in [2.75, 3.05) is 0 Å². The minimum Gasteiger partial charge on any atom is -0.349 e. The summed E-state index contributed by atoms with van der Waals surface area (Å²) in [4.78, 5) is 15.4. The van der Waals surface area contributed by atoms with Gasteiger partial charge >= 0.3 is 0 Å². The highest BCUT2D eigenvalue weighted by molar-refractivity contribution is 5.76. The predicted octanol–water partition coefficient (Wildman–Crippen LogP) is 0.777. The van der Waals surface area contributed by atoms with Crippen LogP contribution in [0.25, 0.3) is 0 Å². The molecule has 0 saturated carbocycles. The highest BCUT2D eigenvalue weighted by Gasteiger charge is 2.13. The van der Waals surface area contributed by atoms with Gasteiger partial charge in [-0.3, -0.25) is 9.89 Å². The fourth-order valence-corrected chi connectivity index (χ4v) is 1.67. The summed E-state index contributed by atoms with van der Waals surface area (Å²) in [5.41, 5.74) is 0. The van der Waals surface area contributed by atoms with Gasteiger partial charge in [0.2, 0.25) is 5.91 Å². The van der Waals surface area contributed by atoms with Crippen LogP contribution >= 0.6 is 0 Å². The van der Waals surface area contributed by atoms with Crippen molar-refractivity contribution in [1.29, 1.82) is 0 Å². The van der Waals surface area contributed by atoms with Crippen LogP contribution in [-0.2, 0) is 11.3 Å². The Bertz CT molecular complexity index is 344. The second-order valence-corrected chi connectivity index (χ2v) is 3.68. The highest BCUT2D eigenvalue weighted by atomic mass is 16.1. The molecule has 1 heterocycles. The van der Waals surface area contributed by atoms with Gasteiger partial charge < -0.3 is 5.32 Å². The summed E-state index contributed by atoms with van der Waals surface area (Å²) in [6.07, 6.45) is 8.45. The van der Waals surface area contributed by atoms with Gasteiger partial charge in [-0.2, -0.15) is 5.10 Å². The summed E-state index contributed by atoms with van der Waals surface area (Å²) in [5, 5.41) is 9.21. The summed E-state index contributed by atoms with van der Waals surface area (Å²) < 4.78 is 0. The van der Waals surface area contributed by atoms with Crippen molar-refractivity contribution < 1.29 is 4.79 Å². The maximum absolute atomic E-state index is 11.5. The molecule has 1 aliphatic carbocycles. The highest BCUT2D eigenvalue weighted by Crippen LogP contribution is 2.19. The van der Waals surface area contributed by atoms with Crippen LogP contribution in [0.15, 0.2) is 18.5 Å². The van der Waals surface area contributed by atoms with Crippen molar-refractivity contribution in [3.8, 4) is 0 Å². The van der Waals surface area contributed by atoms with Crippen molar-refractivity contribution in [2.45, 2.75) is 25.8 Å². The standard InChI is InChI=1S/C10H14N4O/c15-10(5-8-3-1-2-4-8)11-6-9-12-7-13-14-9/h1,3,7-8H,2,4-6H2,(H,11,15)(H,12,13,14). The molecular formula is C10H14N4O. The number of carbonyl (C=O) groups is 1. The number of amides is 1. The Hall–Kier alpha value is -1.65. The molecule has 0 aromatic carbocycles. The molecule has 1 unspecified atom stereocenters. The molecule has 0 radical (unpaired) electrons. The summed E-state index contributed by atoms with van der Waals surface area (Å²) >= 11 is 0. The molecule has 1 atom stereocenters. The average molecular weight is 206 g/mol. The Morgan fingerprint density at radius 2 is 2.60 bits per heavy atom. The van der Waals surface area contributed by atoms with Gasteiger partial charge in [-0.15, -0.1) is 0 Å². The molecule has 1 aromatic rings. The summed E-state index contributed by atoms with van der Waals surface area (Å²) in [6.45, 7) is 0.426. The van der Waals surface area contributed by atoms with Crippen molar-refractivity contribution in [3.63, 3.8) is 0 Å². The molecule has 1 aromatic heterocycles. The number of allylic oxidation sites excluding steroid dienone is 2. The van der Waals surface area contributed by atoms with Gasteiger partial charge in [0.05, 0.1) is 6.54 Å². The van der Waals surface area contributed by atoms with Crippen molar-refractivity contribution >= 4 is 5.91 Å². The van der Waals surface area contributed by atoms with Crippen molar-refractivity contribution in [1.82, 2.24) is 20.5 Å². The Balaban J connectivity index is 1.70. The number of aromatic nitrogens is 3.